The highest BCUT2D eigenvalue weighted by Crippen LogP contribution is 2.39. The van der Waals surface area contributed by atoms with Crippen molar-refractivity contribution in [1.82, 2.24) is 4.90 Å². The van der Waals surface area contributed by atoms with E-state index in [0.29, 0.717) is 24.3 Å². The van der Waals surface area contributed by atoms with Crippen LogP contribution in [0.3, 0.4) is 0 Å². The minimum atomic E-state index is -0.461. The number of carbonyl (C=O) groups excluding carboxylic acids is 1. The summed E-state index contributed by atoms with van der Waals surface area (Å²) in [5.41, 5.74) is 5.65. The van der Waals surface area contributed by atoms with Crippen LogP contribution < -0.4 is 5.73 Å². The fourth-order valence-electron chi connectivity index (χ4n) is 4.91. The Morgan fingerprint density at radius 2 is 1.92 bits per heavy atom. The third-order valence-corrected chi connectivity index (χ3v) is 6.52. The molecule has 1 aliphatic carbocycles. The minimum Gasteiger partial charge on any atom is -0.339 e. The normalized spacial score (nSPS) is 28.1. The van der Waals surface area contributed by atoms with E-state index < -0.39 is 6.67 Å². The second kappa shape index (κ2) is 9.74. The molecule has 4 heteroatoms. The van der Waals surface area contributed by atoms with Crippen LogP contribution >= 0.6 is 0 Å². The van der Waals surface area contributed by atoms with Crippen molar-refractivity contribution in [3.8, 4) is 0 Å². The SMILES string of the molecule is CCC(CCCC(N)CF)C(=O)N1CCC(C2CCCCC2)C1C. The van der Waals surface area contributed by atoms with Crippen molar-refractivity contribution in [1.29, 1.82) is 0 Å². The molecule has 0 radical (unpaired) electrons. The molecule has 24 heavy (non-hydrogen) atoms. The van der Waals surface area contributed by atoms with E-state index in [1.54, 1.807) is 0 Å². The van der Waals surface area contributed by atoms with E-state index >= 15 is 0 Å². The zero-order valence-electron chi connectivity index (χ0n) is 15.7. The molecule has 0 aromatic rings. The van der Waals surface area contributed by atoms with Crippen LogP contribution in [0.5, 0.6) is 0 Å². The van der Waals surface area contributed by atoms with Gasteiger partial charge in [0.2, 0.25) is 5.91 Å². The lowest BCUT2D eigenvalue weighted by Gasteiger charge is -2.33. The summed E-state index contributed by atoms with van der Waals surface area (Å²) in [6.45, 7) is 4.82. The summed E-state index contributed by atoms with van der Waals surface area (Å²) < 4.78 is 12.5. The van der Waals surface area contributed by atoms with Crippen LogP contribution in [0.1, 0.15) is 78.1 Å². The van der Waals surface area contributed by atoms with Crippen LogP contribution in [0.4, 0.5) is 4.39 Å². The Morgan fingerprint density at radius 3 is 2.54 bits per heavy atom. The Labute approximate surface area is 147 Å². The maximum absolute atomic E-state index is 13.0. The molecule has 0 aromatic heterocycles. The molecule has 1 amide bonds. The van der Waals surface area contributed by atoms with Gasteiger partial charge in [0, 0.05) is 24.5 Å². The van der Waals surface area contributed by atoms with Gasteiger partial charge >= 0.3 is 0 Å². The average Bonchev–Trinajstić information content (AvgIpc) is 3.00. The first-order valence-electron chi connectivity index (χ1n) is 10.2. The van der Waals surface area contributed by atoms with Gasteiger partial charge in [0.1, 0.15) is 6.67 Å². The van der Waals surface area contributed by atoms with Crippen LogP contribution in [-0.2, 0) is 4.79 Å². The third kappa shape index (κ3) is 4.93. The Hall–Kier alpha value is -0.640. The van der Waals surface area contributed by atoms with E-state index in [1.165, 1.54) is 38.5 Å². The maximum Gasteiger partial charge on any atom is 0.225 e. The summed E-state index contributed by atoms with van der Waals surface area (Å²) in [7, 11) is 0. The van der Waals surface area contributed by atoms with Crippen molar-refractivity contribution >= 4 is 5.91 Å². The van der Waals surface area contributed by atoms with Gasteiger partial charge in [-0.2, -0.15) is 0 Å². The van der Waals surface area contributed by atoms with Gasteiger partial charge in [-0.25, -0.2) is 4.39 Å². The topological polar surface area (TPSA) is 46.3 Å². The largest absolute Gasteiger partial charge is 0.339 e. The number of nitrogens with zero attached hydrogens (tertiary/aromatic N) is 1. The van der Waals surface area contributed by atoms with E-state index in [-0.39, 0.29) is 12.0 Å². The predicted molar refractivity (Wildman–Crippen MR) is 97.4 cm³/mol. The minimum absolute atomic E-state index is 0.0874. The fraction of sp³-hybridized carbons (Fsp3) is 0.950. The maximum atomic E-state index is 13.0. The Balaban J connectivity index is 1.85. The molecular formula is C20H37FN2O. The molecular weight excluding hydrogens is 303 g/mol. The van der Waals surface area contributed by atoms with E-state index in [1.807, 2.05) is 0 Å². The van der Waals surface area contributed by atoms with E-state index in [0.717, 1.165) is 31.7 Å². The fourth-order valence-corrected chi connectivity index (χ4v) is 4.91. The second-order valence-electron chi connectivity index (χ2n) is 8.07. The van der Waals surface area contributed by atoms with Gasteiger partial charge in [0.05, 0.1) is 0 Å². The van der Waals surface area contributed by atoms with Crippen LogP contribution in [0, 0.1) is 17.8 Å². The molecule has 4 unspecified atom stereocenters. The first-order chi connectivity index (χ1) is 11.6. The number of nitrogens with two attached hydrogens (primary N) is 1. The lowest BCUT2D eigenvalue weighted by molar-refractivity contribution is -0.137. The number of hydrogen-bond donors (Lipinski definition) is 1. The van der Waals surface area contributed by atoms with Crippen LogP contribution in [0.25, 0.3) is 0 Å². The van der Waals surface area contributed by atoms with E-state index in [4.69, 9.17) is 5.73 Å². The molecule has 4 atom stereocenters. The molecule has 2 aliphatic rings. The first kappa shape index (κ1) is 19.7. The summed E-state index contributed by atoms with van der Waals surface area (Å²) >= 11 is 0. The second-order valence-corrected chi connectivity index (χ2v) is 8.07. The molecule has 1 saturated carbocycles. The Morgan fingerprint density at radius 1 is 1.21 bits per heavy atom. The predicted octanol–water partition coefficient (Wildman–Crippen LogP) is 4.30. The highest BCUT2D eigenvalue weighted by Gasteiger charge is 2.39. The molecule has 2 fully saturated rings. The quantitative estimate of drug-likeness (QED) is 0.716. The molecule has 1 aliphatic heterocycles. The zero-order chi connectivity index (χ0) is 17.5. The molecule has 0 aromatic carbocycles. The van der Waals surface area contributed by atoms with E-state index in [2.05, 4.69) is 18.7 Å². The van der Waals surface area contributed by atoms with Crippen molar-refractivity contribution in [2.45, 2.75) is 90.1 Å². The number of carbonyl (C=O) groups is 1. The number of halogens is 1. The average molecular weight is 341 g/mol. The van der Waals surface area contributed by atoms with Gasteiger partial charge in [0.25, 0.3) is 0 Å². The highest BCUT2D eigenvalue weighted by atomic mass is 19.1. The molecule has 2 N–H and O–H groups in total. The Kier molecular flexibility index (Phi) is 7.99. The van der Waals surface area contributed by atoms with E-state index in [9.17, 15) is 9.18 Å². The number of likely N-dealkylation sites (tertiary alicyclic amines) is 1. The van der Waals surface area contributed by atoms with Gasteiger partial charge in [0.15, 0.2) is 0 Å². The number of hydrogen-bond acceptors (Lipinski definition) is 2. The molecule has 1 heterocycles. The van der Waals surface area contributed by atoms with Crippen LogP contribution in [0.2, 0.25) is 0 Å². The van der Waals surface area contributed by atoms with Crippen molar-refractivity contribution in [2.75, 3.05) is 13.2 Å². The lowest BCUT2D eigenvalue weighted by atomic mass is 9.77. The summed E-state index contributed by atoms with van der Waals surface area (Å²) in [5, 5.41) is 0. The van der Waals surface area contributed by atoms with Gasteiger partial charge in [-0.05, 0) is 44.4 Å². The molecule has 140 valence electrons. The van der Waals surface area contributed by atoms with Crippen molar-refractivity contribution in [3.05, 3.63) is 0 Å². The summed E-state index contributed by atoms with van der Waals surface area (Å²) in [5.74, 6) is 1.95. The van der Waals surface area contributed by atoms with Gasteiger partial charge < -0.3 is 10.6 Å². The van der Waals surface area contributed by atoms with Gasteiger partial charge in [-0.3, -0.25) is 4.79 Å². The molecule has 0 bridgehead atoms. The summed E-state index contributed by atoms with van der Waals surface area (Å²) in [6, 6.07) is 0.0294. The van der Waals surface area contributed by atoms with Gasteiger partial charge in [-0.1, -0.05) is 45.4 Å². The van der Waals surface area contributed by atoms with Gasteiger partial charge in [-0.15, -0.1) is 0 Å². The molecule has 2 rings (SSSR count). The third-order valence-electron chi connectivity index (χ3n) is 6.52. The monoisotopic (exact) mass is 340 g/mol. The van der Waals surface area contributed by atoms with Crippen molar-refractivity contribution in [3.63, 3.8) is 0 Å². The summed E-state index contributed by atoms with van der Waals surface area (Å²) in [6.07, 6.45) is 11.3. The van der Waals surface area contributed by atoms with Crippen molar-refractivity contribution in [2.24, 2.45) is 23.5 Å². The summed E-state index contributed by atoms with van der Waals surface area (Å²) in [4.78, 5) is 15.1. The van der Waals surface area contributed by atoms with Crippen LogP contribution in [-0.4, -0.2) is 36.1 Å². The molecule has 1 saturated heterocycles. The Bertz CT molecular complexity index is 384. The van der Waals surface area contributed by atoms with Crippen molar-refractivity contribution < 1.29 is 9.18 Å². The molecule has 3 nitrogen and oxygen atoms in total. The lowest BCUT2D eigenvalue weighted by Crippen LogP contribution is -2.41. The zero-order valence-corrected chi connectivity index (χ0v) is 15.7. The number of amides is 1. The van der Waals surface area contributed by atoms with Crippen LogP contribution in [0.15, 0.2) is 0 Å². The standard InChI is InChI=1S/C20H37FN2O/c1-3-16(10-7-11-18(22)14-21)20(24)23-13-12-19(15(23)2)17-8-5-4-6-9-17/h15-19H,3-14,22H2,1-2H3. The molecule has 0 spiro atoms. The smallest absolute Gasteiger partial charge is 0.225 e. The highest BCUT2D eigenvalue weighted by molar-refractivity contribution is 5.79. The number of alkyl halides is 1. The number of rotatable bonds is 8. The first-order valence-corrected chi connectivity index (χ1v) is 10.2.